The van der Waals surface area contributed by atoms with E-state index in [0.717, 1.165) is 61.5 Å². The number of hydrogen-bond donors (Lipinski definition) is 1. The molecule has 0 spiro atoms. The van der Waals surface area contributed by atoms with Gasteiger partial charge in [-0.2, -0.15) is 0 Å². The molecule has 2 aromatic rings. The van der Waals surface area contributed by atoms with Crippen LogP contribution in [0.5, 0.6) is 0 Å². The molecule has 0 radical (unpaired) electrons. The maximum Gasteiger partial charge on any atom is 0.259 e. The third-order valence-electron chi connectivity index (χ3n) is 6.37. The van der Waals surface area contributed by atoms with E-state index in [1.54, 1.807) is 17.0 Å². The van der Waals surface area contributed by atoms with Crippen LogP contribution in [-0.4, -0.2) is 66.9 Å². The number of aryl methyl sites for hydroxylation is 1. The highest BCUT2D eigenvalue weighted by Gasteiger charge is 2.33. The first-order valence-electron chi connectivity index (χ1n) is 11.2. The molecule has 1 aromatic heterocycles. The smallest absolute Gasteiger partial charge is 0.259 e. The van der Waals surface area contributed by atoms with Crippen LogP contribution in [-0.2, 0) is 4.79 Å². The largest absolute Gasteiger partial charge is 0.358 e. The van der Waals surface area contributed by atoms with Gasteiger partial charge >= 0.3 is 0 Å². The van der Waals surface area contributed by atoms with Gasteiger partial charge in [-0.05, 0) is 83.6 Å². The molecular weight excluding hydrogens is 407 g/mol. The molecule has 0 atom stereocenters. The van der Waals surface area contributed by atoms with E-state index in [-0.39, 0.29) is 17.6 Å². The number of rotatable bonds is 6. The van der Waals surface area contributed by atoms with Crippen molar-refractivity contribution in [1.82, 2.24) is 14.8 Å². The Balaban J connectivity index is 1.69. The molecule has 32 heavy (non-hydrogen) atoms. The minimum absolute atomic E-state index is 0.0351. The number of carbonyl (C=O) groups excluding carboxylic acids is 2. The normalized spacial score (nSPS) is 17.2. The number of nitrogens with one attached hydrogen (secondary N) is 1. The molecule has 0 saturated carbocycles. The van der Waals surface area contributed by atoms with Crippen molar-refractivity contribution in [3.05, 3.63) is 52.1 Å². The van der Waals surface area contributed by atoms with Crippen LogP contribution in [0, 0.1) is 19.7 Å². The van der Waals surface area contributed by atoms with Crippen LogP contribution >= 0.6 is 0 Å². The molecule has 7 heteroatoms. The lowest BCUT2D eigenvalue weighted by atomic mass is 10.0. The van der Waals surface area contributed by atoms with E-state index >= 15 is 0 Å². The molecule has 3 heterocycles. The van der Waals surface area contributed by atoms with Gasteiger partial charge in [-0.25, -0.2) is 4.39 Å². The Morgan fingerprint density at radius 3 is 2.62 bits per heavy atom. The van der Waals surface area contributed by atoms with Gasteiger partial charge in [0.25, 0.3) is 11.8 Å². The molecule has 2 aliphatic heterocycles. The van der Waals surface area contributed by atoms with Crippen LogP contribution in [0.2, 0.25) is 0 Å². The van der Waals surface area contributed by atoms with Crippen molar-refractivity contribution in [1.29, 1.82) is 0 Å². The highest BCUT2D eigenvalue weighted by Crippen LogP contribution is 2.39. The van der Waals surface area contributed by atoms with Gasteiger partial charge in [0.05, 0.1) is 16.8 Å². The summed E-state index contributed by atoms with van der Waals surface area (Å²) in [5.74, 6) is -0.474. The molecule has 0 aliphatic carbocycles. The number of halogens is 1. The minimum Gasteiger partial charge on any atom is -0.358 e. The molecule has 0 bridgehead atoms. The Bertz CT molecular complexity index is 1080. The quantitative estimate of drug-likeness (QED) is 0.697. The van der Waals surface area contributed by atoms with Crippen molar-refractivity contribution in [2.45, 2.75) is 33.1 Å². The van der Waals surface area contributed by atoms with Gasteiger partial charge in [-0.3, -0.25) is 9.59 Å². The second-order valence-electron chi connectivity index (χ2n) is 9.00. The number of aromatic nitrogens is 1. The van der Waals surface area contributed by atoms with Crippen molar-refractivity contribution in [2.24, 2.45) is 0 Å². The topological polar surface area (TPSA) is 59.7 Å². The first-order valence-corrected chi connectivity index (χ1v) is 11.2. The number of anilines is 1. The Hall–Kier alpha value is -2.93. The highest BCUT2D eigenvalue weighted by atomic mass is 19.1. The number of H-pyrrole nitrogens is 1. The zero-order chi connectivity index (χ0) is 23.0. The molecule has 170 valence electrons. The van der Waals surface area contributed by atoms with Gasteiger partial charge in [0.2, 0.25) is 0 Å². The number of fused-ring (bicyclic) bond motifs is 1. The lowest BCUT2D eigenvalue weighted by Crippen LogP contribution is -2.29. The van der Waals surface area contributed by atoms with E-state index in [9.17, 15) is 14.0 Å². The molecule has 2 aliphatic rings. The summed E-state index contributed by atoms with van der Waals surface area (Å²) in [7, 11) is 4.00. The maximum atomic E-state index is 14.1. The van der Waals surface area contributed by atoms with Gasteiger partial charge in [0.1, 0.15) is 5.82 Å². The number of hydrogen-bond acceptors (Lipinski definition) is 3. The summed E-state index contributed by atoms with van der Waals surface area (Å²) >= 11 is 0. The predicted molar refractivity (Wildman–Crippen MR) is 125 cm³/mol. The first-order chi connectivity index (χ1) is 15.3. The summed E-state index contributed by atoms with van der Waals surface area (Å²) in [5.41, 5.74) is 4.79. The van der Waals surface area contributed by atoms with Gasteiger partial charge in [0.15, 0.2) is 0 Å². The zero-order valence-electron chi connectivity index (χ0n) is 19.3. The number of benzene rings is 1. The van der Waals surface area contributed by atoms with Crippen LogP contribution in [0.1, 0.15) is 52.1 Å². The Morgan fingerprint density at radius 1 is 1.22 bits per heavy atom. The van der Waals surface area contributed by atoms with Crippen LogP contribution in [0.25, 0.3) is 11.6 Å². The van der Waals surface area contributed by atoms with Crippen molar-refractivity contribution in [3.63, 3.8) is 0 Å². The van der Waals surface area contributed by atoms with Gasteiger partial charge < -0.3 is 19.7 Å². The van der Waals surface area contributed by atoms with Crippen LogP contribution in [0.4, 0.5) is 10.1 Å². The van der Waals surface area contributed by atoms with Gasteiger partial charge in [0, 0.05) is 36.6 Å². The van der Waals surface area contributed by atoms with Crippen molar-refractivity contribution < 1.29 is 14.0 Å². The standard InChI is InChI=1S/C25H31FN4O2/c1-16-21(27-17(2)23(16)25(32)29-11-5-6-12-29)15-20-19-14-18(26)8-9-22(19)30(24(20)31)13-7-10-28(3)4/h8-9,14-15,27H,5-7,10-13H2,1-4H3/b20-15-. The Labute approximate surface area is 188 Å². The molecule has 6 nitrogen and oxygen atoms in total. The van der Waals surface area contributed by atoms with Crippen LogP contribution < -0.4 is 4.90 Å². The fourth-order valence-corrected chi connectivity index (χ4v) is 4.70. The zero-order valence-corrected chi connectivity index (χ0v) is 19.3. The monoisotopic (exact) mass is 438 g/mol. The molecule has 1 saturated heterocycles. The second-order valence-corrected chi connectivity index (χ2v) is 9.00. The molecule has 4 rings (SSSR count). The average molecular weight is 439 g/mol. The lowest BCUT2D eigenvalue weighted by molar-refractivity contribution is -0.113. The number of nitrogens with zero attached hydrogens (tertiary/aromatic N) is 3. The fraction of sp³-hybridized carbons (Fsp3) is 0.440. The lowest BCUT2D eigenvalue weighted by Gasteiger charge is -2.18. The van der Waals surface area contributed by atoms with Crippen molar-refractivity contribution in [2.75, 3.05) is 45.2 Å². The second kappa shape index (κ2) is 8.90. The summed E-state index contributed by atoms with van der Waals surface area (Å²) in [6, 6.07) is 4.49. The molecule has 1 aromatic carbocycles. The summed E-state index contributed by atoms with van der Waals surface area (Å²) in [6.07, 6.45) is 4.66. The minimum atomic E-state index is -0.373. The first kappa shape index (κ1) is 22.3. The van der Waals surface area contributed by atoms with Gasteiger partial charge in [-0.15, -0.1) is 0 Å². The molecule has 0 unspecified atom stereocenters. The third kappa shape index (κ3) is 4.09. The SMILES string of the molecule is Cc1[nH]c(/C=C2\C(=O)N(CCCN(C)C)c3ccc(F)cc32)c(C)c1C(=O)N1CCCC1. The Morgan fingerprint density at radius 2 is 1.94 bits per heavy atom. The van der Waals surface area contributed by atoms with E-state index < -0.39 is 0 Å². The molecule has 1 fully saturated rings. The number of carbonyl (C=O) groups is 2. The molecule has 2 amide bonds. The summed E-state index contributed by atoms with van der Waals surface area (Å²) in [6.45, 7) is 6.78. The number of aromatic amines is 1. The summed E-state index contributed by atoms with van der Waals surface area (Å²) < 4.78 is 14.1. The van der Waals surface area contributed by atoms with Gasteiger partial charge in [-0.1, -0.05) is 0 Å². The van der Waals surface area contributed by atoms with Crippen molar-refractivity contribution >= 4 is 29.2 Å². The van der Waals surface area contributed by atoms with E-state index in [1.807, 2.05) is 32.8 Å². The van der Waals surface area contributed by atoms with Crippen LogP contribution in [0.15, 0.2) is 18.2 Å². The number of likely N-dealkylation sites (tertiary alicyclic amines) is 1. The van der Waals surface area contributed by atoms with E-state index in [1.165, 1.54) is 12.1 Å². The highest BCUT2D eigenvalue weighted by molar-refractivity contribution is 6.35. The molecular formula is C25H31FN4O2. The fourth-order valence-electron chi connectivity index (χ4n) is 4.70. The van der Waals surface area contributed by atoms with Crippen LogP contribution in [0.3, 0.4) is 0 Å². The third-order valence-corrected chi connectivity index (χ3v) is 6.37. The summed E-state index contributed by atoms with van der Waals surface area (Å²) in [5, 5.41) is 0. The number of amides is 2. The summed E-state index contributed by atoms with van der Waals surface area (Å²) in [4.78, 5) is 35.3. The van der Waals surface area contributed by atoms with E-state index in [4.69, 9.17) is 0 Å². The Kier molecular flexibility index (Phi) is 6.20. The molecule has 1 N–H and O–H groups in total. The van der Waals surface area contributed by atoms with Crippen molar-refractivity contribution in [3.8, 4) is 0 Å². The van der Waals surface area contributed by atoms with E-state index in [2.05, 4.69) is 9.88 Å². The van der Waals surface area contributed by atoms with E-state index in [0.29, 0.717) is 23.2 Å². The average Bonchev–Trinajstić information content (AvgIpc) is 3.42. The predicted octanol–water partition coefficient (Wildman–Crippen LogP) is 3.85. The maximum absolute atomic E-state index is 14.1.